The van der Waals surface area contributed by atoms with E-state index in [9.17, 15) is 0 Å². The Morgan fingerprint density at radius 2 is 2.12 bits per heavy atom. The average Bonchev–Trinajstić information content (AvgIpc) is 2.99. The molecule has 98 valence electrons. The van der Waals surface area contributed by atoms with E-state index in [2.05, 4.69) is 17.1 Å². The average molecular weight is 255 g/mol. The highest BCUT2D eigenvalue weighted by Crippen LogP contribution is 2.38. The number of rotatable bonds is 3. The Kier molecular flexibility index (Phi) is 3.98. The summed E-state index contributed by atoms with van der Waals surface area (Å²) in [7, 11) is 0. The second-order valence-electron chi connectivity index (χ2n) is 6.08. The quantitative estimate of drug-likeness (QED) is 0.838. The lowest BCUT2D eigenvalue weighted by atomic mass is 9.89. The van der Waals surface area contributed by atoms with E-state index in [1.165, 1.54) is 63.0 Å². The zero-order valence-electron chi connectivity index (χ0n) is 10.7. The van der Waals surface area contributed by atoms with Crippen LogP contribution in [-0.4, -0.2) is 36.3 Å². The lowest BCUT2D eigenvalue weighted by Gasteiger charge is -2.38. The summed E-state index contributed by atoms with van der Waals surface area (Å²) in [6.07, 6.45) is 9.58. The number of nitrogens with one attached hydrogen (secondary N) is 1. The lowest BCUT2D eigenvalue weighted by molar-refractivity contribution is -0.0703. The van der Waals surface area contributed by atoms with Crippen molar-refractivity contribution in [3.63, 3.8) is 0 Å². The molecule has 2 heterocycles. The van der Waals surface area contributed by atoms with Crippen molar-refractivity contribution in [3.8, 4) is 0 Å². The summed E-state index contributed by atoms with van der Waals surface area (Å²) in [5.74, 6) is 3.50. The van der Waals surface area contributed by atoms with E-state index in [1.807, 2.05) is 0 Å². The van der Waals surface area contributed by atoms with Crippen LogP contribution in [-0.2, 0) is 4.74 Å². The maximum Gasteiger partial charge on any atom is 0.0795 e. The summed E-state index contributed by atoms with van der Waals surface area (Å²) in [6, 6.07) is 0.725. The second-order valence-corrected chi connectivity index (χ2v) is 7.19. The summed E-state index contributed by atoms with van der Waals surface area (Å²) in [4.78, 5) is 0. The summed E-state index contributed by atoms with van der Waals surface area (Å²) >= 11 is 2.07. The van der Waals surface area contributed by atoms with Gasteiger partial charge in [0, 0.05) is 18.4 Å². The fourth-order valence-electron chi connectivity index (χ4n) is 3.61. The molecule has 0 aromatic heterocycles. The number of hydrogen-bond donors (Lipinski definition) is 1. The minimum absolute atomic E-state index is 0.246. The van der Waals surface area contributed by atoms with Crippen LogP contribution in [0.4, 0.5) is 0 Å². The smallest absolute Gasteiger partial charge is 0.0795 e. The molecule has 0 aromatic rings. The maximum atomic E-state index is 6.07. The van der Waals surface area contributed by atoms with Crippen LogP contribution >= 0.6 is 11.8 Å². The Labute approximate surface area is 109 Å². The molecule has 2 atom stereocenters. The maximum absolute atomic E-state index is 6.07. The van der Waals surface area contributed by atoms with Crippen molar-refractivity contribution in [2.75, 3.05) is 24.7 Å². The zero-order chi connectivity index (χ0) is 11.6. The molecule has 0 aromatic carbocycles. The van der Waals surface area contributed by atoms with Crippen LogP contribution < -0.4 is 5.32 Å². The highest BCUT2D eigenvalue weighted by Gasteiger charge is 2.40. The molecule has 0 amide bonds. The molecule has 2 nitrogen and oxygen atoms in total. The predicted molar refractivity (Wildman–Crippen MR) is 73.6 cm³/mol. The SMILES string of the molecule is C1CCC(CNC2CCOC3(CCSC3)C2)C1. The molecule has 2 saturated heterocycles. The van der Waals surface area contributed by atoms with Crippen LogP contribution in [0.25, 0.3) is 0 Å². The van der Waals surface area contributed by atoms with Gasteiger partial charge in [-0.25, -0.2) is 0 Å². The first-order valence-electron chi connectivity index (χ1n) is 7.31. The van der Waals surface area contributed by atoms with E-state index in [-0.39, 0.29) is 5.60 Å². The molecule has 3 aliphatic rings. The van der Waals surface area contributed by atoms with Gasteiger partial charge in [-0.3, -0.25) is 0 Å². The van der Waals surface area contributed by atoms with Crippen LogP contribution in [0.5, 0.6) is 0 Å². The molecule has 0 radical (unpaired) electrons. The third kappa shape index (κ3) is 2.99. The normalized spacial score (nSPS) is 39.2. The molecule has 0 bridgehead atoms. The molecule has 1 saturated carbocycles. The fraction of sp³-hybridized carbons (Fsp3) is 1.00. The highest BCUT2D eigenvalue weighted by atomic mass is 32.2. The minimum atomic E-state index is 0.246. The van der Waals surface area contributed by atoms with Gasteiger partial charge in [-0.2, -0.15) is 11.8 Å². The van der Waals surface area contributed by atoms with Gasteiger partial charge in [-0.1, -0.05) is 12.8 Å². The molecule has 3 fully saturated rings. The Bertz CT molecular complexity index is 247. The standard InChI is InChI=1S/C14H25NOS/c1-2-4-12(3-1)10-15-13-5-7-16-14(9-13)6-8-17-11-14/h12-13,15H,1-11H2. The van der Waals surface area contributed by atoms with Crippen molar-refractivity contribution in [3.05, 3.63) is 0 Å². The van der Waals surface area contributed by atoms with Gasteiger partial charge in [0.25, 0.3) is 0 Å². The molecular weight excluding hydrogens is 230 g/mol. The number of thioether (sulfide) groups is 1. The molecule has 2 aliphatic heterocycles. The molecular formula is C14H25NOS. The largest absolute Gasteiger partial charge is 0.374 e. The summed E-state index contributed by atoms with van der Waals surface area (Å²) < 4.78 is 6.07. The Balaban J connectivity index is 1.46. The minimum Gasteiger partial charge on any atom is -0.374 e. The fourth-order valence-corrected chi connectivity index (χ4v) is 4.99. The van der Waals surface area contributed by atoms with Crippen LogP contribution in [0, 0.1) is 5.92 Å². The first-order chi connectivity index (χ1) is 8.36. The van der Waals surface area contributed by atoms with E-state index in [0.29, 0.717) is 0 Å². The van der Waals surface area contributed by atoms with E-state index in [4.69, 9.17) is 4.74 Å². The van der Waals surface area contributed by atoms with Gasteiger partial charge in [-0.05, 0) is 50.3 Å². The molecule has 1 N–H and O–H groups in total. The van der Waals surface area contributed by atoms with Gasteiger partial charge in [0.1, 0.15) is 0 Å². The zero-order valence-corrected chi connectivity index (χ0v) is 11.6. The third-order valence-corrected chi connectivity index (χ3v) is 5.95. The molecule has 17 heavy (non-hydrogen) atoms. The third-order valence-electron chi connectivity index (χ3n) is 4.73. The van der Waals surface area contributed by atoms with E-state index < -0.39 is 0 Å². The van der Waals surface area contributed by atoms with Crippen molar-refractivity contribution in [1.29, 1.82) is 0 Å². The van der Waals surface area contributed by atoms with Crippen molar-refractivity contribution in [2.24, 2.45) is 5.92 Å². The Morgan fingerprint density at radius 1 is 1.24 bits per heavy atom. The molecule has 3 heteroatoms. The van der Waals surface area contributed by atoms with E-state index in [1.54, 1.807) is 0 Å². The van der Waals surface area contributed by atoms with Gasteiger partial charge in [0.15, 0.2) is 0 Å². The molecule has 1 spiro atoms. The molecule has 3 rings (SSSR count). The van der Waals surface area contributed by atoms with Crippen LogP contribution in [0.3, 0.4) is 0 Å². The first kappa shape index (κ1) is 12.3. The summed E-state index contributed by atoms with van der Waals surface area (Å²) in [5, 5.41) is 3.83. The van der Waals surface area contributed by atoms with Gasteiger partial charge in [0.2, 0.25) is 0 Å². The predicted octanol–water partition coefficient (Wildman–Crippen LogP) is 2.82. The van der Waals surface area contributed by atoms with Crippen molar-refractivity contribution < 1.29 is 4.74 Å². The van der Waals surface area contributed by atoms with Crippen molar-refractivity contribution in [1.82, 2.24) is 5.32 Å². The van der Waals surface area contributed by atoms with E-state index >= 15 is 0 Å². The van der Waals surface area contributed by atoms with E-state index in [0.717, 1.165) is 18.6 Å². The molecule has 1 aliphatic carbocycles. The van der Waals surface area contributed by atoms with Gasteiger partial charge >= 0.3 is 0 Å². The van der Waals surface area contributed by atoms with Crippen LogP contribution in [0.2, 0.25) is 0 Å². The van der Waals surface area contributed by atoms with Gasteiger partial charge in [-0.15, -0.1) is 0 Å². The Hall–Kier alpha value is 0.270. The van der Waals surface area contributed by atoms with Crippen LogP contribution in [0.1, 0.15) is 44.9 Å². The number of hydrogen-bond acceptors (Lipinski definition) is 3. The monoisotopic (exact) mass is 255 g/mol. The topological polar surface area (TPSA) is 21.3 Å². The first-order valence-corrected chi connectivity index (χ1v) is 8.47. The summed E-state index contributed by atoms with van der Waals surface area (Å²) in [5.41, 5.74) is 0.246. The number of ether oxygens (including phenoxy) is 1. The lowest BCUT2D eigenvalue weighted by Crippen LogP contribution is -2.48. The van der Waals surface area contributed by atoms with Crippen molar-refractivity contribution in [2.45, 2.75) is 56.6 Å². The second kappa shape index (κ2) is 5.50. The van der Waals surface area contributed by atoms with Gasteiger partial charge < -0.3 is 10.1 Å². The Morgan fingerprint density at radius 3 is 2.88 bits per heavy atom. The van der Waals surface area contributed by atoms with Crippen molar-refractivity contribution >= 4 is 11.8 Å². The highest BCUT2D eigenvalue weighted by molar-refractivity contribution is 7.99. The summed E-state index contributed by atoms with van der Waals surface area (Å²) in [6.45, 7) is 2.23. The van der Waals surface area contributed by atoms with Crippen LogP contribution in [0.15, 0.2) is 0 Å². The molecule has 2 unspecified atom stereocenters. The van der Waals surface area contributed by atoms with Gasteiger partial charge in [0.05, 0.1) is 5.60 Å².